The largest absolute Gasteiger partial charge is 0.240 e. The molecule has 0 aliphatic rings. The zero-order valence-electron chi connectivity index (χ0n) is 11.1. The normalized spacial score (nSPS) is 10.5. The molecule has 104 valence electrons. The zero-order valence-corrected chi connectivity index (χ0v) is 12.7. The molecule has 0 saturated carbocycles. The van der Waals surface area contributed by atoms with Gasteiger partial charge in [-0.3, -0.25) is 0 Å². The molecule has 0 N–H and O–H groups in total. The Morgan fingerprint density at radius 2 is 1.76 bits per heavy atom. The molecular formula is C16H12BrN3O. The van der Waals surface area contributed by atoms with Crippen molar-refractivity contribution in [3.05, 3.63) is 75.7 Å². The summed E-state index contributed by atoms with van der Waals surface area (Å²) in [6.45, 7) is 0.109. The molecular weight excluding hydrogens is 330 g/mol. The van der Waals surface area contributed by atoms with Crippen molar-refractivity contribution in [2.75, 3.05) is 0 Å². The molecule has 0 radical (unpaired) electrons. The Morgan fingerprint density at radius 1 is 1.05 bits per heavy atom. The molecule has 21 heavy (non-hydrogen) atoms. The van der Waals surface area contributed by atoms with Crippen molar-refractivity contribution in [2.24, 2.45) is 5.18 Å². The summed E-state index contributed by atoms with van der Waals surface area (Å²) in [4.78, 5) is 10.7. The van der Waals surface area contributed by atoms with Crippen molar-refractivity contribution >= 4 is 15.9 Å². The van der Waals surface area contributed by atoms with Crippen LogP contribution >= 0.6 is 15.9 Å². The van der Waals surface area contributed by atoms with Gasteiger partial charge >= 0.3 is 0 Å². The molecule has 1 aromatic heterocycles. The molecule has 0 atom stereocenters. The number of aromatic nitrogens is 2. The van der Waals surface area contributed by atoms with Crippen LogP contribution in [0.15, 0.2) is 70.4 Å². The molecule has 0 unspecified atom stereocenters. The van der Waals surface area contributed by atoms with Gasteiger partial charge in [0.25, 0.3) is 0 Å². The van der Waals surface area contributed by atoms with Gasteiger partial charge in [0.2, 0.25) is 0 Å². The Balaban J connectivity index is 2.08. The fraction of sp³-hybridized carbons (Fsp3) is 0.0625. The van der Waals surface area contributed by atoms with Crippen LogP contribution in [0.1, 0.15) is 5.56 Å². The summed E-state index contributed by atoms with van der Waals surface area (Å²) >= 11 is 3.42. The van der Waals surface area contributed by atoms with Gasteiger partial charge < -0.3 is 0 Å². The zero-order chi connectivity index (χ0) is 14.7. The van der Waals surface area contributed by atoms with Crippen LogP contribution < -0.4 is 0 Å². The van der Waals surface area contributed by atoms with Crippen molar-refractivity contribution in [3.8, 4) is 16.9 Å². The average Bonchev–Trinajstić information content (AvgIpc) is 2.93. The van der Waals surface area contributed by atoms with E-state index in [-0.39, 0.29) is 6.54 Å². The maximum Gasteiger partial charge on any atom is 0.110 e. The average molecular weight is 342 g/mol. The summed E-state index contributed by atoms with van der Waals surface area (Å²) < 4.78 is 2.78. The van der Waals surface area contributed by atoms with Gasteiger partial charge in [-0.2, -0.15) is 10.0 Å². The number of para-hydroxylation sites is 1. The van der Waals surface area contributed by atoms with Gasteiger partial charge in [0.15, 0.2) is 0 Å². The van der Waals surface area contributed by atoms with E-state index in [0.717, 1.165) is 27.0 Å². The van der Waals surface area contributed by atoms with Crippen LogP contribution in [0.2, 0.25) is 0 Å². The highest BCUT2D eigenvalue weighted by atomic mass is 79.9. The highest BCUT2D eigenvalue weighted by Crippen LogP contribution is 2.25. The number of hydrogen-bond acceptors (Lipinski definition) is 3. The van der Waals surface area contributed by atoms with Gasteiger partial charge in [-0.05, 0) is 24.3 Å². The van der Waals surface area contributed by atoms with Gasteiger partial charge in [-0.15, -0.1) is 0 Å². The topological polar surface area (TPSA) is 47.2 Å². The summed E-state index contributed by atoms with van der Waals surface area (Å²) in [6, 6.07) is 17.6. The van der Waals surface area contributed by atoms with Crippen molar-refractivity contribution in [3.63, 3.8) is 0 Å². The van der Waals surface area contributed by atoms with Crippen LogP contribution in [0.4, 0.5) is 0 Å². The standard InChI is InChI=1S/C16H12BrN3O/c17-14-8-6-12(7-9-14)16-13(10-18-21)11-20(19-16)15-4-2-1-3-5-15/h1-9,11H,10H2. The van der Waals surface area contributed by atoms with Gasteiger partial charge in [0.05, 0.1) is 11.4 Å². The summed E-state index contributed by atoms with van der Waals surface area (Å²) in [7, 11) is 0. The highest BCUT2D eigenvalue weighted by Gasteiger charge is 2.12. The predicted octanol–water partition coefficient (Wildman–Crippen LogP) is 4.57. The van der Waals surface area contributed by atoms with Crippen LogP contribution in [0.3, 0.4) is 0 Å². The van der Waals surface area contributed by atoms with E-state index < -0.39 is 0 Å². The number of benzene rings is 2. The minimum Gasteiger partial charge on any atom is -0.240 e. The Labute approximate surface area is 130 Å². The SMILES string of the molecule is O=NCc1cn(-c2ccccc2)nc1-c1ccc(Br)cc1. The maximum atomic E-state index is 10.7. The molecule has 3 rings (SSSR count). The van der Waals surface area contributed by atoms with Crippen LogP contribution in [-0.4, -0.2) is 9.78 Å². The fourth-order valence-electron chi connectivity index (χ4n) is 2.16. The number of rotatable bonds is 4. The summed E-state index contributed by atoms with van der Waals surface area (Å²) in [5.74, 6) is 0. The van der Waals surface area contributed by atoms with E-state index in [1.807, 2.05) is 60.8 Å². The third-order valence-corrected chi connectivity index (χ3v) is 3.69. The Bertz CT molecular complexity index is 751. The van der Waals surface area contributed by atoms with E-state index >= 15 is 0 Å². The minimum absolute atomic E-state index is 0.109. The monoisotopic (exact) mass is 341 g/mol. The molecule has 0 spiro atoms. The highest BCUT2D eigenvalue weighted by molar-refractivity contribution is 9.10. The third kappa shape index (κ3) is 2.92. The van der Waals surface area contributed by atoms with Crippen molar-refractivity contribution in [1.29, 1.82) is 0 Å². The van der Waals surface area contributed by atoms with Crippen LogP contribution in [-0.2, 0) is 6.54 Å². The second kappa shape index (κ2) is 6.01. The Kier molecular flexibility index (Phi) is 3.92. The first-order valence-electron chi connectivity index (χ1n) is 6.47. The van der Waals surface area contributed by atoms with Crippen molar-refractivity contribution in [2.45, 2.75) is 6.54 Å². The third-order valence-electron chi connectivity index (χ3n) is 3.16. The second-order valence-electron chi connectivity index (χ2n) is 4.58. The van der Waals surface area contributed by atoms with Crippen LogP contribution in [0.5, 0.6) is 0 Å². The first-order valence-corrected chi connectivity index (χ1v) is 7.26. The van der Waals surface area contributed by atoms with Crippen LogP contribution in [0.25, 0.3) is 16.9 Å². The fourth-order valence-corrected chi connectivity index (χ4v) is 2.42. The Hall–Kier alpha value is -2.27. The molecule has 0 saturated heterocycles. The number of nitrogens with zero attached hydrogens (tertiary/aromatic N) is 3. The van der Waals surface area contributed by atoms with Gasteiger partial charge in [0.1, 0.15) is 6.54 Å². The lowest BCUT2D eigenvalue weighted by molar-refractivity contribution is 0.883. The molecule has 5 heteroatoms. The number of halogens is 1. The second-order valence-corrected chi connectivity index (χ2v) is 5.49. The summed E-state index contributed by atoms with van der Waals surface area (Å²) in [5, 5.41) is 7.61. The first kappa shape index (κ1) is 13.7. The Morgan fingerprint density at radius 3 is 2.43 bits per heavy atom. The molecule has 0 aliphatic carbocycles. The van der Waals surface area contributed by atoms with Crippen molar-refractivity contribution in [1.82, 2.24) is 9.78 Å². The molecule has 2 aromatic carbocycles. The van der Waals surface area contributed by atoms with Crippen LogP contribution in [0, 0.1) is 4.91 Å². The van der Waals surface area contributed by atoms with Gasteiger partial charge in [0, 0.05) is 21.8 Å². The summed E-state index contributed by atoms with van der Waals surface area (Å²) in [6.07, 6.45) is 1.86. The lowest BCUT2D eigenvalue weighted by atomic mass is 10.1. The molecule has 0 amide bonds. The van der Waals surface area contributed by atoms with E-state index in [1.54, 1.807) is 4.68 Å². The lowest BCUT2D eigenvalue weighted by Gasteiger charge is -2.00. The van der Waals surface area contributed by atoms with Crippen molar-refractivity contribution < 1.29 is 0 Å². The molecule has 0 bridgehead atoms. The molecule has 0 fully saturated rings. The van der Waals surface area contributed by atoms with E-state index in [9.17, 15) is 4.91 Å². The minimum atomic E-state index is 0.109. The molecule has 1 heterocycles. The van der Waals surface area contributed by atoms with E-state index in [2.05, 4.69) is 26.2 Å². The van der Waals surface area contributed by atoms with E-state index in [4.69, 9.17) is 0 Å². The maximum absolute atomic E-state index is 10.7. The molecule has 3 aromatic rings. The lowest BCUT2D eigenvalue weighted by Crippen LogP contribution is -1.93. The number of hydrogen-bond donors (Lipinski definition) is 0. The predicted molar refractivity (Wildman–Crippen MR) is 86.2 cm³/mol. The first-order chi connectivity index (χ1) is 10.3. The number of nitroso groups, excluding NO2 is 1. The summed E-state index contributed by atoms with van der Waals surface area (Å²) in [5.41, 5.74) is 3.52. The van der Waals surface area contributed by atoms with E-state index in [1.165, 1.54) is 0 Å². The molecule has 0 aliphatic heterocycles. The quantitative estimate of drug-likeness (QED) is 0.652. The molecule has 4 nitrogen and oxygen atoms in total. The van der Waals surface area contributed by atoms with Gasteiger partial charge in [-0.1, -0.05) is 51.4 Å². The van der Waals surface area contributed by atoms with Gasteiger partial charge in [-0.25, -0.2) is 4.68 Å². The van der Waals surface area contributed by atoms with E-state index in [0.29, 0.717) is 0 Å². The smallest absolute Gasteiger partial charge is 0.110 e.